The zero-order chi connectivity index (χ0) is 11.5. The molecule has 0 fully saturated rings. The molecule has 2 rings (SSSR count). The summed E-state index contributed by atoms with van der Waals surface area (Å²) in [5, 5.41) is 8.64. The molecule has 84 valence electrons. The zero-order valence-corrected chi connectivity index (χ0v) is 8.70. The Morgan fingerprint density at radius 1 is 1.69 bits per heavy atom. The standard InChI is InChI=1S/C10H11N3O3/c1-7(9(14)15)16-6-8-5-13-4-2-3-11-10(13)12-8/h2-5,7H,6H2,1H3,(H,14,15)/t7-/m1/s1. The lowest BCUT2D eigenvalue weighted by Gasteiger charge is -2.05. The van der Waals surface area contributed by atoms with Gasteiger partial charge in [-0.1, -0.05) is 0 Å². The minimum atomic E-state index is -0.984. The molecule has 6 nitrogen and oxygen atoms in total. The van der Waals surface area contributed by atoms with Gasteiger partial charge in [0.05, 0.1) is 12.3 Å². The fourth-order valence-corrected chi connectivity index (χ4v) is 1.23. The number of carboxylic acids is 1. The van der Waals surface area contributed by atoms with Crippen LogP contribution in [0.1, 0.15) is 12.6 Å². The SMILES string of the molecule is C[C@@H](OCc1cn2cccnc2n1)C(=O)O. The van der Waals surface area contributed by atoms with Crippen LogP contribution in [0.3, 0.4) is 0 Å². The van der Waals surface area contributed by atoms with Gasteiger partial charge < -0.3 is 9.84 Å². The van der Waals surface area contributed by atoms with E-state index in [4.69, 9.17) is 9.84 Å². The van der Waals surface area contributed by atoms with Crippen molar-refractivity contribution in [1.29, 1.82) is 0 Å². The molecule has 0 spiro atoms. The number of aromatic nitrogens is 3. The average molecular weight is 221 g/mol. The quantitative estimate of drug-likeness (QED) is 0.823. The van der Waals surface area contributed by atoms with E-state index in [0.717, 1.165) is 0 Å². The molecule has 6 heteroatoms. The molecule has 0 radical (unpaired) electrons. The number of ether oxygens (including phenoxy) is 1. The van der Waals surface area contributed by atoms with Crippen LogP contribution in [0.5, 0.6) is 0 Å². The average Bonchev–Trinajstić information content (AvgIpc) is 2.68. The van der Waals surface area contributed by atoms with Crippen LogP contribution in [-0.2, 0) is 16.1 Å². The van der Waals surface area contributed by atoms with Gasteiger partial charge in [0.15, 0.2) is 6.10 Å². The van der Waals surface area contributed by atoms with Crippen molar-refractivity contribution in [1.82, 2.24) is 14.4 Å². The zero-order valence-electron chi connectivity index (χ0n) is 8.70. The van der Waals surface area contributed by atoms with Crippen molar-refractivity contribution >= 4 is 11.7 Å². The molecule has 2 aromatic rings. The highest BCUT2D eigenvalue weighted by atomic mass is 16.5. The second-order valence-electron chi connectivity index (χ2n) is 3.35. The van der Waals surface area contributed by atoms with Gasteiger partial charge in [-0.3, -0.25) is 4.40 Å². The van der Waals surface area contributed by atoms with Crippen molar-refractivity contribution in [3.05, 3.63) is 30.4 Å². The molecular weight excluding hydrogens is 210 g/mol. The first kappa shape index (κ1) is 10.6. The van der Waals surface area contributed by atoms with E-state index in [1.165, 1.54) is 6.92 Å². The van der Waals surface area contributed by atoms with Crippen LogP contribution in [-0.4, -0.2) is 31.5 Å². The summed E-state index contributed by atoms with van der Waals surface area (Å²) in [4.78, 5) is 18.8. The normalized spacial score (nSPS) is 12.8. The molecule has 16 heavy (non-hydrogen) atoms. The fraction of sp³-hybridized carbons (Fsp3) is 0.300. The number of carboxylic acid groups (broad SMARTS) is 1. The number of carbonyl (C=O) groups is 1. The maximum Gasteiger partial charge on any atom is 0.332 e. The van der Waals surface area contributed by atoms with Gasteiger partial charge in [-0.05, 0) is 13.0 Å². The van der Waals surface area contributed by atoms with Crippen molar-refractivity contribution in [3.8, 4) is 0 Å². The molecule has 2 aromatic heterocycles. The molecular formula is C10H11N3O3. The lowest BCUT2D eigenvalue weighted by atomic mass is 10.4. The van der Waals surface area contributed by atoms with E-state index < -0.39 is 12.1 Å². The summed E-state index contributed by atoms with van der Waals surface area (Å²) < 4.78 is 6.87. The third-order valence-corrected chi connectivity index (χ3v) is 2.11. The van der Waals surface area contributed by atoms with Crippen LogP contribution in [0.4, 0.5) is 0 Å². The Bertz CT molecular complexity index is 476. The minimum absolute atomic E-state index is 0.164. The molecule has 0 aromatic carbocycles. The first-order valence-electron chi connectivity index (χ1n) is 4.80. The van der Waals surface area contributed by atoms with Crippen LogP contribution in [0.2, 0.25) is 0 Å². The molecule has 0 aliphatic carbocycles. The number of hydrogen-bond donors (Lipinski definition) is 1. The highest BCUT2D eigenvalue weighted by molar-refractivity contribution is 5.71. The minimum Gasteiger partial charge on any atom is -0.479 e. The Hall–Kier alpha value is -1.95. The van der Waals surface area contributed by atoms with E-state index in [1.807, 2.05) is 6.20 Å². The van der Waals surface area contributed by atoms with E-state index in [2.05, 4.69) is 9.97 Å². The Labute approximate surface area is 91.5 Å². The highest BCUT2D eigenvalue weighted by Gasteiger charge is 2.12. The first-order valence-corrected chi connectivity index (χ1v) is 4.80. The predicted molar refractivity (Wildman–Crippen MR) is 54.9 cm³/mol. The first-order chi connectivity index (χ1) is 7.66. The summed E-state index contributed by atoms with van der Waals surface area (Å²) in [6.07, 6.45) is 4.39. The van der Waals surface area contributed by atoms with E-state index in [-0.39, 0.29) is 6.61 Å². The topological polar surface area (TPSA) is 76.7 Å². The third kappa shape index (κ3) is 2.17. The van der Waals surface area contributed by atoms with Crippen molar-refractivity contribution in [3.63, 3.8) is 0 Å². The number of imidazole rings is 1. The maximum atomic E-state index is 10.5. The lowest BCUT2D eigenvalue weighted by Crippen LogP contribution is -2.19. The molecule has 0 bridgehead atoms. The summed E-state index contributed by atoms with van der Waals surface area (Å²) in [6, 6.07) is 1.79. The Balaban J connectivity index is 2.07. The highest BCUT2D eigenvalue weighted by Crippen LogP contribution is 2.04. The lowest BCUT2D eigenvalue weighted by molar-refractivity contribution is -0.149. The van der Waals surface area contributed by atoms with E-state index >= 15 is 0 Å². The van der Waals surface area contributed by atoms with E-state index in [1.54, 1.807) is 22.9 Å². The van der Waals surface area contributed by atoms with Crippen LogP contribution in [0, 0.1) is 0 Å². The van der Waals surface area contributed by atoms with Crippen LogP contribution >= 0.6 is 0 Å². The third-order valence-electron chi connectivity index (χ3n) is 2.11. The number of nitrogens with zero attached hydrogens (tertiary/aromatic N) is 3. The van der Waals surface area contributed by atoms with Crippen LogP contribution in [0.15, 0.2) is 24.7 Å². The van der Waals surface area contributed by atoms with Crippen molar-refractivity contribution < 1.29 is 14.6 Å². The van der Waals surface area contributed by atoms with Gasteiger partial charge in [-0.2, -0.15) is 0 Å². The van der Waals surface area contributed by atoms with Gasteiger partial charge in [0.2, 0.25) is 5.78 Å². The number of rotatable bonds is 4. The largest absolute Gasteiger partial charge is 0.479 e. The van der Waals surface area contributed by atoms with Crippen molar-refractivity contribution in [2.24, 2.45) is 0 Å². The van der Waals surface area contributed by atoms with Gasteiger partial charge >= 0.3 is 5.97 Å². The summed E-state index contributed by atoms with van der Waals surface area (Å²) in [7, 11) is 0. The molecule has 0 amide bonds. The monoisotopic (exact) mass is 221 g/mol. The van der Waals surface area contributed by atoms with Gasteiger partial charge in [0.25, 0.3) is 0 Å². The van der Waals surface area contributed by atoms with E-state index in [9.17, 15) is 4.79 Å². The van der Waals surface area contributed by atoms with Gasteiger partial charge in [-0.15, -0.1) is 0 Å². The van der Waals surface area contributed by atoms with E-state index in [0.29, 0.717) is 11.5 Å². The van der Waals surface area contributed by atoms with Gasteiger partial charge in [0, 0.05) is 18.6 Å². The van der Waals surface area contributed by atoms with Gasteiger partial charge in [-0.25, -0.2) is 14.8 Å². The second kappa shape index (κ2) is 4.28. The summed E-state index contributed by atoms with van der Waals surface area (Å²) in [5.41, 5.74) is 0.659. The predicted octanol–water partition coefficient (Wildman–Crippen LogP) is 0.719. The molecule has 0 unspecified atom stereocenters. The molecule has 1 atom stereocenters. The second-order valence-corrected chi connectivity index (χ2v) is 3.35. The molecule has 2 heterocycles. The number of hydrogen-bond acceptors (Lipinski definition) is 4. The van der Waals surface area contributed by atoms with Crippen molar-refractivity contribution in [2.45, 2.75) is 19.6 Å². The molecule has 0 saturated carbocycles. The summed E-state index contributed by atoms with van der Waals surface area (Å²) >= 11 is 0. The summed E-state index contributed by atoms with van der Waals surface area (Å²) in [6.45, 7) is 1.65. The molecule has 0 aliphatic rings. The number of fused-ring (bicyclic) bond motifs is 1. The Morgan fingerprint density at radius 2 is 2.50 bits per heavy atom. The smallest absolute Gasteiger partial charge is 0.332 e. The Morgan fingerprint density at radius 3 is 3.19 bits per heavy atom. The van der Waals surface area contributed by atoms with Crippen LogP contribution in [0.25, 0.3) is 5.78 Å². The van der Waals surface area contributed by atoms with Gasteiger partial charge in [0.1, 0.15) is 0 Å². The molecule has 0 saturated heterocycles. The number of aliphatic carboxylic acids is 1. The molecule has 0 aliphatic heterocycles. The Kier molecular flexibility index (Phi) is 2.82. The maximum absolute atomic E-state index is 10.5. The van der Waals surface area contributed by atoms with Crippen LogP contribution < -0.4 is 0 Å². The van der Waals surface area contributed by atoms with Crippen molar-refractivity contribution in [2.75, 3.05) is 0 Å². The summed E-state index contributed by atoms with van der Waals surface area (Å²) in [5.74, 6) is -0.411. The fourth-order valence-electron chi connectivity index (χ4n) is 1.23. The molecule has 1 N–H and O–H groups in total.